The smallest absolute Gasteiger partial charge is 0.0901 e. The molecular formula is C51H68N2. The molecule has 2 aliphatic rings. The largest absolute Gasteiger partial charge is 0.355 e. The van der Waals surface area contributed by atoms with Crippen molar-refractivity contribution in [2.24, 2.45) is 5.92 Å². The van der Waals surface area contributed by atoms with Crippen LogP contribution in [-0.4, -0.2) is 30.1 Å². The minimum absolute atomic E-state index is 0.103. The van der Waals surface area contributed by atoms with Crippen molar-refractivity contribution < 1.29 is 0 Å². The van der Waals surface area contributed by atoms with Crippen molar-refractivity contribution in [3.63, 3.8) is 0 Å². The zero-order valence-electron chi connectivity index (χ0n) is 34.4. The zero-order chi connectivity index (χ0) is 37.4. The first kappa shape index (κ1) is 38.9. The predicted molar refractivity (Wildman–Crippen MR) is 231 cm³/mol. The first-order chi connectivity index (χ1) is 25.8. The molecule has 1 aliphatic heterocycles. The number of benzene rings is 4. The summed E-state index contributed by atoms with van der Waals surface area (Å²) in [6, 6.07) is 33.5. The average Bonchev–Trinajstić information content (AvgIpc) is 3.64. The molecule has 1 aliphatic carbocycles. The highest BCUT2D eigenvalue weighted by Gasteiger charge is 2.42. The molecule has 1 unspecified atom stereocenters. The normalized spacial score (nSPS) is 15.3. The Balaban J connectivity index is 1.37. The summed E-state index contributed by atoms with van der Waals surface area (Å²) in [5.41, 5.74) is 17.0. The molecule has 0 aromatic heterocycles. The Hall–Kier alpha value is -3.78. The molecule has 2 nitrogen and oxygen atoms in total. The summed E-state index contributed by atoms with van der Waals surface area (Å²) in [5.74, 6) is 0.714. The van der Waals surface area contributed by atoms with Crippen molar-refractivity contribution in [3.05, 3.63) is 118 Å². The lowest BCUT2D eigenvalue weighted by atomic mass is 9.70. The third-order valence-electron chi connectivity index (χ3n) is 12.6. The van der Waals surface area contributed by atoms with Crippen LogP contribution in [0.3, 0.4) is 0 Å². The summed E-state index contributed by atoms with van der Waals surface area (Å²) in [6.07, 6.45) is 18.1. The number of hydrogen-bond donors (Lipinski definition) is 0. The summed E-state index contributed by atoms with van der Waals surface area (Å²) in [4.78, 5) is 5.15. The van der Waals surface area contributed by atoms with E-state index in [1.165, 1.54) is 146 Å². The van der Waals surface area contributed by atoms with Crippen molar-refractivity contribution in [1.29, 1.82) is 0 Å². The minimum Gasteiger partial charge on any atom is -0.355 e. The van der Waals surface area contributed by atoms with Crippen LogP contribution in [0, 0.1) is 19.8 Å². The fraction of sp³-hybridized carbons (Fsp3) is 0.490. The van der Waals surface area contributed by atoms with Gasteiger partial charge in [0.05, 0.1) is 18.1 Å². The fourth-order valence-corrected chi connectivity index (χ4v) is 9.47. The molecule has 2 heteroatoms. The van der Waals surface area contributed by atoms with Crippen LogP contribution in [0.1, 0.15) is 151 Å². The maximum atomic E-state index is 2.66. The van der Waals surface area contributed by atoms with Crippen molar-refractivity contribution in [3.8, 4) is 22.3 Å². The highest BCUT2D eigenvalue weighted by Crippen LogP contribution is 2.55. The molecule has 0 N–H and O–H groups in total. The summed E-state index contributed by atoms with van der Waals surface area (Å²) < 4.78 is 0. The number of aryl methyl sites for hydroxylation is 2. The Labute approximate surface area is 323 Å². The summed E-state index contributed by atoms with van der Waals surface area (Å²) >= 11 is 0. The van der Waals surface area contributed by atoms with E-state index in [-0.39, 0.29) is 5.41 Å². The second-order valence-electron chi connectivity index (χ2n) is 16.6. The molecule has 0 saturated heterocycles. The van der Waals surface area contributed by atoms with Gasteiger partial charge in [0.1, 0.15) is 0 Å². The van der Waals surface area contributed by atoms with Crippen LogP contribution < -0.4 is 0 Å². The van der Waals surface area contributed by atoms with Crippen molar-refractivity contribution >= 4 is 11.4 Å². The third-order valence-corrected chi connectivity index (χ3v) is 12.6. The number of nitrogens with zero attached hydrogens (tertiary/aromatic N) is 2. The zero-order valence-corrected chi connectivity index (χ0v) is 34.4. The molecule has 0 fully saturated rings. The van der Waals surface area contributed by atoms with Gasteiger partial charge in [-0.2, -0.15) is 0 Å². The van der Waals surface area contributed by atoms with Crippen LogP contribution >= 0.6 is 0 Å². The summed E-state index contributed by atoms with van der Waals surface area (Å²) in [5, 5.41) is 0. The lowest BCUT2D eigenvalue weighted by Crippen LogP contribution is -2.30. The van der Waals surface area contributed by atoms with E-state index in [2.05, 4.69) is 143 Å². The maximum absolute atomic E-state index is 2.66. The SMILES string of the molecule is CCCCCCC1(CCCCCC)c2cc(C)ccc2-c2ccc(-c3ccc(C4=C(c5ccc(C)cc5)N(CC(CC)CCCC)CN4C)cc3)cc21. The molecule has 0 bridgehead atoms. The van der Waals surface area contributed by atoms with E-state index in [9.17, 15) is 0 Å². The average molecular weight is 709 g/mol. The van der Waals surface area contributed by atoms with Crippen LogP contribution in [0.5, 0.6) is 0 Å². The highest BCUT2D eigenvalue weighted by atomic mass is 15.4. The van der Waals surface area contributed by atoms with E-state index in [0.717, 1.165) is 13.2 Å². The molecule has 1 atom stereocenters. The van der Waals surface area contributed by atoms with Gasteiger partial charge in [0.2, 0.25) is 0 Å². The standard InChI is InChI=1S/C51H68N2/c1-8-12-15-17-32-51(33-18-16-13-9-2)47-34-39(6)22-30-45(47)46-31-29-44(35-48(46)51)41-25-27-42(28-26-41)49-50(43-23-20-38(5)21-24-43)53(37-52(49)7)36-40(11-4)19-14-10-3/h20-31,34-35,40H,8-19,32-33,36-37H2,1-7H3. The van der Waals surface area contributed by atoms with Gasteiger partial charge in [0.15, 0.2) is 0 Å². The Kier molecular flexibility index (Phi) is 13.2. The van der Waals surface area contributed by atoms with Gasteiger partial charge in [0.25, 0.3) is 0 Å². The fourth-order valence-electron chi connectivity index (χ4n) is 9.47. The number of hydrogen-bond acceptors (Lipinski definition) is 2. The molecule has 0 saturated carbocycles. The van der Waals surface area contributed by atoms with Gasteiger partial charge < -0.3 is 9.80 Å². The monoisotopic (exact) mass is 709 g/mol. The van der Waals surface area contributed by atoms with Gasteiger partial charge in [-0.1, -0.05) is 188 Å². The van der Waals surface area contributed by atoms with E-state index >= 15 is 0 Å². The van der Waals surface area contributed by atoms with Gasteiger partial charge >= 0.3 is 0 Å². The van der Waals surface area contributed by atoms with Gasteiger partial charge in [-0.3, -0.25) is 0 Å². The molecule has 1 heterocycles. The first-order valence-corrected chi connectivity index (χ1v) is 21.5. The lowest BCUT2D eigenvalue weighted by molar-refractivity contribution is 0.257. The second kappa shape index (κ2) is 18.0. The van der Waals surface area contributed by atoms with Crippen LogP contribution in [0.15, 0.2) is 84.9 Å². The molecule has 53 heavy (non-hydrogen) atoms. The van der Waals surface area contributed by atoms with E-state index < -0.39 is 0 Å². The molecule has 0 amide bonds. The van der Waals surface area contributed by atoms with Crippen molar-refractivity contribution in [1.82, 2.24) is 9.80 Å². The topological polar surface area (TPSA) is 6.48 Å². The summed E-state index contributed by atoms with van der Waals surface area (Å²) in [6.45, 7) is 15.9. The molecular weight excluding hydrogens is 641 g/mol. The molecule has 0 spiro atoms. The number of fused-ring (bicyclic) bond motifs is 3. The van der Waals surface area contributed by atoms with Crippen LogP contribution in [0.4, 0.5) is 0 Å². The van der Waals surface area contributed by atoms with Crippen molar-refractivity contribution in [2.75, 3.05) is 20.3 Å². The predicted octanol–water partition coefficient (Wildman–Crippen LogP) is 14.4. The van der Waals surface area contributed by atoms with Crippen molar-refractivity contribution in [2.45, 2.75) is 137 Å². The molecule has 6 rings (SSSR count). The molecule has 282 valence electrons. The van der Waals surface area contributed by atoms with Gasteiger partial charge in [0, 0.05) is 30.1 Å². The van der Waals surface area contributed by atoms with Gasteiger partial charge in [-0.25, -0.2) is 0 Å². The second-order valence-corrected chi connectivity index (χ2v) is 16.6. The van der Waals surface area contributed by atoms with Gasteiger partial charge in [-0.15, -0.1) is 0 Å². The highest BCUT2D eigenvalue weighted by molar-refractivity contribution is 5.91. The molecule has 4 aromatic carbocycles. The van der Waals surface area contributed by atoms with E-state index in [0.29, 0.717) is 5.92 Å². The van der Waals surface area contributed by atoms with Gasteiger partial charge in [-0.05, 0) is 78.5 Å². The molecule has 0 radical (unpaired) electrons. The number of rotatable bonds is 19. The Morgan fingerprint density at radius 2 is 1.08 bits per heavy atom. The molecule has 4 aromatic rings. The Bertz CT molecular complexity index is 1800. The third kappa shape index (κ3) is 8.48. The van der Waals surface area contributed by atoms with E-state index in [4.69, 9.17) is 0 Å². The Morgan fingerprint density at radius 3 is 1.70 bits per heavy atom. The summed E-state index contributed by atoms with van der Waals surface area (Å²) in [7, 11) is 2.28. The van der Waals surface area contributed by atoms with E-state index in [1.807, 2.05) is 0 Å². The first-order valence-electron chi connectivity index (χ1n) is 21.5. The van der Waals surface area contributed by atoms with Crippen LogP contribution in [0.25, 0.3) is 33.6 Å². The van der Waals surface area contributed by atoms with Crippen LogP contribution in [0.2, 0.25) is 0 Å². The maximum Gasteiger partial charge on any atom is 0.0901 e. The Morgan fingerprint density at radius 1 is 0.547 bits per heavy atom. The lowest BCUT2D eigenvalue weighted by Gasteiger charge is -2.33. The minimum atomic E-state index is 0.103. The van der Waals surface area contributed by atoms with E-state index in [1.54, 1.807) is 11.1 Å². The number of unbranched alkanes of at least 4 members (excludes halogenated alkanes) is 7. The van der Waals surface area contributed by atoms with Crippen LogP contribution in [-0.2, 0) is 5.41 Å². The quantitative estimate of drug-likeness (QED) is 0.0895.